The van der Waals surface area contributed by atoms with Gasteiger partial charge in [-0.3, -0.25) is 9.79 Å². The van der Waals surface area contributed by atoms with Gasteiger partial charge < -0.3 is 19.6 Å². The minimum Gasteiger partial charge on any atom is -0.364 e. The SMILES string of the molecule is CN=C(NCCN1C(=O)Cc2ccccc21)N(C)Cc1ccon1. The molecule has 1 aliphatic rings. The molecule has 2 aromatic rings. The van der Waals surface area contributed by atoms with Gasteiger partial charge in [-0.2, -0.15) is 0 Å². The van der Waals surface area contributed by atoms with Crippen LogP contribution in [0.25, 0.3) is 0 Å². The summed E-state index contributed by atoms with van der Waals surface area (Å²) in [5.41, 5.74) is 2.94. The third kappa shape index (κ3) is 3.40. The van der Waals surface area contributed by atoms with Gasteiger partial charge in [0, 0.05) is 38.9 Å². The number of nitrogens with zero attached hydrogens (tertiary/aromatic N) is 4. The second-order valence-corrected chi connectivity index (χ2v) is 5.67. The summed E-state index contributed by atoms with van der Waals surface area (Å²) in [6.07, 6.45) is 2.03. The molecule has 0 saturated heterocycles. The van der Waals surface area contributed by atoms with Crippen LogP contribution in [0.15, 0.2) is 46.1 Å². The molecule has 7 heteroatoms. The van der Waals surface area contributed by atoms with Crippen molar-refractivity contribution >= 4 is 17.6 Å². The number of aromatic nitrogens is 1. The smallest absolute Gasteiger partial charge is 0.231 e. The Morgan fingerprint density at radius 3 is 3.00 bits per heavy atom. The van der Waals surface area contributed by atoms with Crippen LogP contribution in [-0.4, -0.2) is 49.1 Å². The molecule has 1 aromatic carbocycles. The highest BCUT2D eigenvalue weighted by atomic mass is 16.5. The molecule has 3 rings (SSSR count). The molecular formula is C17H21N5O2. The fourth-order valence-corrected chi connectivity index (χ4v) is 2.86. The molecule has 1 N–H and O–H groups in total. The van der Waals surface area contributed by atoms with Crippen LogP contribution >= 0.6 is 0 Å². The lowest BCUT2D eigenvalue weighted by Gasteiger charge is -2.23. The number of anilines is 1. The number of hydrogen-bond acceptors (Lipinski definition) is 4. The molecular weight excluding hydrogens is 306 g/mol. The van der Waals surface area contributed by atoms with E-state index in [9.17, 15) is 4.79 Å². The summed E-state index contributed by atoms with van der Waals surface area (Å²) in [7, 11) is 3.66. The number of para-hydroxylation sites is 1. The van der Waals surface area contributed by atoms with E-state index in [-0.39, 0.29) is 5.91 Å². The number of aliphatic imine (C=N–C) groups is 1. The molecule has 0 spiro atoms. The van der Waals surface area contributed by atoms with Crippen LogP contribution in [0, 0.1) is 0 Å². The van der Waals surface area contributed by atoms with E-state index in [4.69, 9.17) is 4.52 Å². The summed E-state index contributed by atoms with van der Waals surface area (Å²) in [4.78, 5) is 20.2. The highest BCUT2D eigenvalue weighted by Crippen LogP contribution is 2.27. The van der Waals surface area contributed by atoms with Gasteiger partial charge in [-0.1, -0.05) is 23.4 Å². The Hall–Kier alpha value is -2.83. The van der Waals surface area contributed by atoms with Crippen molar-refractivity contribution in [3.63, 3.8) is 0 Å². The van der Waals surface area contributed by atoms with Crippen LogP contribution in [0.4, 0.5) is 5.69 Å². The predicted molar refractivity (Wildman–Crippen MR) is 91.8 cm³/mol. The first-order valence-corrected chi connectivity index (χ1v) is 7.88. The standard InChI is InChI=1S/C17H21N5O2/c1-18-17(21(2)12-14-7-10-24-20-14)19-8-9-22-15-6-4-3-5-13(15)11-16(22)23/h3-7,10H,8-9,11-12H2,1-2H3,(H,18,19). The van der Waals surface area contributed by atoms with Gasteiger partial charge in [0.1, 0.15) is 12.0 Å². The summed E-state index contributed by atoms with van der Waals surface area (Å²) in [5, 5.41) is 7.18. The van der Waals surface area contributed by atoms with Gasteiger partial charge in [-0.05, 0) is 11.6 Å². The molecule has 1 aliphatic heterocycles. The molecule has 0 saturated carbocycles. The van der Waals surface area contributed by atoms with Gasteiger partial charge in [0.2, 0.25) is 5.91 Å². The Morgan fingerprint density at radius 2 is 2.25 bits per heavy atom. The molecule has 7 nitrogen and oxygen atoms in total. The normalized spacial score (nSPS) is 14.0. The van der Waals surface area contributed by atoms with E-state index in [0.29, 0.717) is 26.1 Å². The summed E-state index contributed by atoms with van der Waals surface area (Å²) in [6.45, 7) is 1.82. The number of amides is 1. The molecule has 2 heterocycles. The lowest BCUT2D eigenvalue weighted by Crippen LogP contribution is -2.43. The average molecular weight is 327 g/mol. The maximum atomic E-state index is 12.2. The number of carbonyl (C=O) groups is 1. The number of benzene rings is 1. The lowest BCUT2D eigenvalue weighted by molar-refractivity contribution is -0.117. The zero-order chi connectivity index (χ0) is 16.9. The van der Waals surface area contributed by atoms with Gasteiger partial charge >= 0.3 is 0 Å². The monoisotopic (exact) mass is 327 g/mol. The van der Waals surface area contributed by atoms with E-state index in [1.807, 2.05) is 47.2 Å². The highest BCUT2D eigenvalue weighted by molar-refractivity contribution is 6.01. The first-order valence-electron chi connectivity index (χ1n) is 7.88. The van der Waals surface area contributed by atoms with Crippen LogP contribution in [0.5, 0.6) is 0 Å². The molecule has 0 atom stereocenters. The number of rotatable bonds is 5. The molecule has 0 bridgehead atoms. The third-order valence-corrected chi connectivity index (χ3v) is 4.01. The molecule has 0 unspecified atom stereocenters. The third-order valence-electron chi connectivity index (χ3n) is 4.01. The molecule has 1 amide bonds. The predicted octanol–water partition coefficient (Wildman–Crippen LogP) is 1.27. The van der Waals surface area contributed by atoms with Crippen molar-refractivity contribution in [2.75, 3.05) is 32.1 Å². The van der Waals surface area contributed by atoms with Crippen molar-refractivity contribution in [2.24, 2.45) is 4.99 Å². The highest BCUT2D eigenvalue weighted by Gasteiger charge is 2.26. The van der Waals surface area contributed by atoms with E-state index in [1.165, 1.54) is 0 Å². The van der Waals surface area contributed by atoms with Gasteiger partial charge in [0.15, 0.2) is 5.96 Å². The Morgan fingerprint density at radius 1 is 1.42 bits per heavy atom. The Kier molecular flexibility index (Phi) is 4.79. The molecule has 0 fully saturated rings. The minimum absolute atomic E-state index is 0.143. The summed E-state index contributed by atoms with van der Waals surface area (Å²) < 4.78 is 4.84. The Bertz CT molecular complexity index is 726. The lowest BCUT2D eigenvalue weighted by atomic mass is 10.2. The number of fused-ring (bicyclic) bond motifs is 1. The van der Waals surface area contributed by atoms with E-state index in [2.05, 4.69) is 15.5 Å². The van der Waals surface area contributed by atoms with E-state index < -0.39 is 0 Å². The van der Waals surface area contributed by atoms with Crippen molar-refractivity contribution in [3.05, 3.63) is 47.9 Å². The fraction of sp³-hybridized carbons (Fsp3) is 0.353. The van der Waals surface area contributed by atoms with Gasteiger partial charge in [-0.15, -0.1) is 0 Å². The van der Waals surface area contributed by atoms with Crippen LogP contribution in [0.2, 0.25) is 0 Å². The molecule has 24 heavy (non-hydrogen) atoms. The van der Waals surface area contributed by atoms with Crippen molar-refractivity contribution in [2.45, 2.75) is 13.0 Å². The summed E-state index contributed by atoms with van der Waals surface area (Å²) in [6, 6.07) is 9.75. The van der Waals surface area contributed by atoms with Gasteiger partial charge in [0.25, 0.3) is 0 Å². The zero-order valence-electron chi connectivity index (χ0n) is 13.9. The number of carbonyl (C=O) groups excluding carboxylic acids is 1. The first-order chi connectivity index (χ1) is 11.7. The van der Waals surface area contributed by atoms with Gasteiger partial charge in [-0.25, -0.2) is 0 Å². The Labute approximate surface area is 140 Å². The number of hydrogen-bond donors (Lipinski definition) is 1. The van der Waals surface area contributed by atoms with Gasteiger partial charge in [0.05, 0.1) is 13.0 Å². The molecule has 0 aliphatic carbocycles. The second kappa shape index (κ2) is 7.16. The van der Waals surface area contributed by atoms with Crippen molar-refractivity contribution < 1.29 is 9.32 Å². The summed E-state index contributed by atoms with van der Waals surface area (Å²) in [5.74, 6) is 0.891. The van der Waals surface area contributed by atoms with Crippen LogP contribution in [-0.2, 0) is 17.8 Å². The minimum atomic E-state index is 0.143. The molecule has 126 valence electrons. The first kappa shape index (κ1) is 16.0. The van der Waals surface area contributed by atoms with Crippen LogP contribution in [0.3, 0.4) is 0 Å². The van der Waals surface area contributed by atoms with E-state index >= 15 is 0 Å². The average Bonchev–Trinajstić information content (AvgIpc) is 3.19. The zero-order valence-corrected chi connectivity index (χ0v) is 13.9. The van der Waals surface area contributed by atoms with Crippen LogP contribution in [0.1, 0.15) is 11.3 Å². The van der Waals surface area contributed by atoms with Crippen molar-refractivity contribution in [1.82, 2.24) is 15.4 Å². The fourth-order valence-electron chi connectivity index (χ4n) is 2.86. The number of nitrogens with one attached hydrogen (secondary N) is 1. The van der Waals surface area contributed by atoms with Crippen LogP contribution < -0.4 is 10.2 Å². The topological polar surface area (TPSA) is 74.0 Å². The quantitative estimate of drug-likeness (QED) is 0.661. The largest absolute Gasteiger partial charge is 0.364 e. The van der Waals surface area contributed by atoms with E-state index in [0.717, 1.165) is 22.9 Å². The number of guanidine groups is 1. The van der Waals surface area contributed by atoms with Crippen molar-refractivity contribution in [1.29, 1.82) is 0 Å². The van der Waals surface area contributed by atoms with Crippen molar-refractivity contribution in [3.8, 4) is 0 Å². The summed E-state index contributed by atoms with van der Waals surface area (Å²) >= 11 is 0. The molecule has 1 aromatic heterocycles. The maximum Gasteiger partial charge on any atom is 0.231 e. The Balaban J connectivity index is 1.54. The second-order valence-electron chi connectivity index (χ2n) is 5.67. The maximum absolute atomic E-state index is 12.2. The van der Waals surface area contributed by atoms with E-state index in [1.54, 1.807) is 13.3 Å². The molecule has 0 radical (unpaired) electrons.